The zero-order chi connectivity index (χ0) is 19.9. The van der Waals surface area contributed by atoms with Gasteiger partial charge in [-0.1, -0.05) is 19.9 Å². The summed E-state index contributed by atoms with van der Waals surface area (Å²) in [4.78, 5) is 9.24. The topological polar surface area (TPSA) is 58.5 Å². The third kappa shape index (κ3) is 7.09. The van der Waals surface area contributed by atoms with Gasteiger partial charge in [0.05, 0.1) is 0 Å². The number of aliphatic imine (C=N–C) groups is 1. The lowest BCUT2D eigenvalue weighted by atomic mass is 9.91. The monoisotopic (exact) mass is 400 g/mol. The van der Waals surface area contributed by atoms with Crippen LogP contribution in [0.25, 0.3) is 0 Å². The zero-order valence-electron chi connectivity index (χ0n) is 15.4. The molecule has 0 aliphatic heterocycles. The van der Waals surface area contributed by atoms with Crippen LogP contribution in [0.2, 0.25) is 0 Å². The Bertz CT molecular complexity index is 745. The van der Waals surface area contributed by atoms with Gasteiger partial charge in [0, 0.05) is 42.7 Å². The maximum Gasteiger partial charge on any atom is 0.422 e. The number of thiophene rings is 1. The fourth-order valence-corrected chi connectivity index (χ4v) is 3.11. The molecule has 0 saturated carbocycles. The summed E-state index contributed by atoms with van der Waals surface area (Å²) in [5.41, 5.74) is 0.684. The molecule has 0 amide bonds. The van der Waals surface area contributed by atoms with E-state index in [9.17, 15) is 13.2 Å². The molecule has 5 nitrogen and oxygen atoms in total. The maximum absolute atomic E-state index is 12.2. The first-order chi connectivity index (χ1) is 12.7. The van der Waals surface area contributed by atoms with Crippen LogP contribution in [0.1, 0.15) is 24.3 Å². The lowest BCUT2D eigenvalue weighted by Crippen LogP contribution is -2.42. The van der Waals surface area contributed by atoms with Crippen molar-refractivity contribution in [2.75, 3.05) is 20.2 Å². The summed E-state index contributed by atoms with van der Waals surface area (Å²) in [6.45, 7) is 3.99. The fourth-order valence-electron chi connectivity index (χ4n) is 2.26. The molecule has 27 heavy (non-hydrogen) atoms. The first-order valence-electron chi connectivity index (χ1n) is 8.32. The second-order valence-electron chi connectivity index (χ2n) is 6.55. The van der Waals surface area contributed by atoms with Crippen LogP contribution in [0.5, 0.6) is 5.88 Å². The molecular weight excluding hydrogens is 377 g/mol. The van der Waals surface area contributed by atoms with Crippen LogP contribution in [0, 0.1) is 0 Å². The Labute approximate surface area is 160 Å². The maximum atomic E-state index is 12.2. The van der Waals surface area contributed by atoms with Crippen LogP contribution >= 0.6 is 11.3 Å². The molecule has 2 aromatic heterocycles. The second-order valence-corrected chi connectivity index (χ2v) is 7.49. The normalized spacial score (nSPS) is 12.7. The number of rotatable bonds is 7. The van der Waals surface area contributed by atoms with Crippen molar-refractivity contribution in [1.29, 1.82) is 0 Å². The predicted octanol–water partition coefficient (Wildman–Crippen LogP) is 3.73. The molecule has 0 aliphatic carbocycles. The van der Waals surface area contributed by atoms with Crippen LogP contribution < -0.4 is 15.4 Å². The average Bonchev–Trinajstić information content (AvgIpc) is 3.15. The molecular formula is C18H23F3N4OS. The number of aromatic nitrogens is 1. The highest BCUT2D eigenvalue weighted by Crippen LogP contribution is 2.26. The van der Waals surface area contributed by atoms with Gasteiger partial charge in [-0.05, 0) is 23.1 Å². The van der Waals surface area contributed by atoms with E-state index >= 15 is 0 Å². The van der Waals surface area contributed by atoms with E-state index in [1.165, 1.54) is 17.1 Å². The molecule has 9 heteroatoms. The number of alkyl halides is 3. The van der Waals surface area contributed by atoms with E-state index < -0.39 is 12.8 Å². The molecule has 2 N–H and O–H groups in total. The summed E-state index contributed by atoms with van der Waals surface area (Å²) in [5, 5.41) is 8.47. The summed E-state index contributed by atoms with van der Waals surface area (Å²) in [7, 11) is 1.66. The van der Waals surface area contributed by atoms with Crippen molar-refractivity contribution in [2.45, 2.75) is 32.0 Å². The minimum absolute atomic E-state index is 0.0545. The quantitative estimate of drug-likeness (QED) is 0.549. The van der Waals surface area contributed by atoms with Gasteiger partial charge in [0.1, 0.15) is 0 Å². The van der Waals surface area contributed by atoms with Gasteiger partial charge in [-0.15, -0.1) is 11.3 Å². The first-order valence-corrected chi connectivity index (χ1v) is 9.20. The smallest absolute Gasteiger partial charge is 0.422 e. The molecule has 0 fully saturated rings. The molecule has 2 aromatic rings. The van der Waals surface area contributed by atoms with E-state index in [4.69, 9.17) is 0 Å². The Morgan fingerprint density at radius 2 is 2.04 bits per heavy atom. The van der Waals surface area contributed by atoms with Gasteiger partial charge in [0.15, 0.2) is 12.6 Å². The fraction of sp³-hybridized carbons (Fsp3) is 0.444. The van der Waals surface area contributed by atoms with E-state index in [0.717, 1.165) is 5.56 Å². The van der Waals surface area contributed by atoms with Gasteiger partial charge in [-0.25, -0.2) is 4.98 Å². The summed E-state index contributed by atoms with van der Waals surface area (Å²) in [6.07, 6.45) is -2.98. The lowest BCUT2D eigenvalue weighted by Gasteiger charge is -2.25. The van der Waals surface area contributed by atoms with Gasteiger partial charge in [0.2, 0.25) is 5.88 Å². The number of halogens is 3. The molecule has 0 bridgehead atoms. The minimum atomic E-state index is -4.39. The Hall–Kier alpha value is -2.29. The van der Waals surface area contributed by atoms with Crippen LogP contribution in [0.4, 0.5) is 13.2 Å². The highest BCUT2D eigenvalue weighted by molar-refractivity contribution is 7.10. The minimum Gasteiger partial charge on any atom is -0.468 e. The van der Waals surface area contributed by atoms with Crippen molar-refractivity contribution in [3.8, 4) is 5.88 Å². The Morgan fingerprint density at radius 1 is 1.26 bits per heavy atom. The van der Waals surface area contributed by atoms with Crippen molar-refractivity contribution < 1.29 is 17.9 Å². The molecule has 0 spiro atoms. The van der Waals surface area contributed by atoms with Crippen molar-refractivity contribution in [3.05, 3.63) is 46.3 Å². The van der Waals surface area contributed by atoms with Crippen LogP contribution in [0.15, 0.2) is 40.8 Å². The first kappa shape index (κ1) is 21.0. The highest BCUT2D eigenvalue weighted by atomic mass is 32.1. The molecule has 2 heterocycles. The third-order valence-corrected chi connectivity index (χ3v) is 4.99. The van der Waals surface area contributed by atoms with Crippen LogP contribution in [0.3, 0.4) is 0 Å². The van der Waals surface area contributed by atoms with Crippen molar-refractivity contribution >= 4 is 17.3 Å². The van der Waals surface area contributed by atoms with E-state index in [1.54, 1.807) is 24.5 Å². The number of nitrogens with one attached hydrogen (secondary N) is 2. The Morgan fingerprint density at radius 3 is 2.67 bits per heavy atom. The van der Waals surface area contributed by atoms with Gasteiger partial charge < -0.3 is 15.4 Å². The molecule has 0 saturated heterocycles. The van der Waals surface area contributed by atoms with Gasteiger partial charge in [-0.2, -0.15) is 13.2 Å². The number of nitrogens with zero attached hydrogens (tertiary/aromatic N) is 2. The molecule has 0 atom stereocenters. The summed E-state index contributed by atoms with van der Waals surface area (Å²) in [6, 6.07) is 7.30. The Balaban J connectivity index is 1.87. The van der Waals surface area contributed by atoms with E-state index in [1.807, 2.05) is 11.4 Å². The largest absolute Gasteiger partial charge is 0.468 e. The van der Waals surface area contributed by atoms with E-state index in [2.05, 4.69) is 45.3 Å². The van der Waals surface area contributed by atoms with Crippen molar-refractivity contribution in [2.24, 2.45) is 4.99 Å². The average molecular weight is 400 g/mol. The van der Waals surface area contributed by atoms with Gasteiger partial charge in [-0.3, -0.25) is 4.99 Å². The molecule has 0 aromatic carbocycles. The summed E-state index contributed by atoms with van der Waals surface area (Å²) < 4.78 is 41.4. The van der Waals surface area contributed by atoms with Crippen molar-refractivity contribution in [1.82, 2.24) is 15.6 Å². The zero-order valence-corrected chi connectivity index (χ0v) is 16.2. The highest BCUT2D eigenvalue weighted by Gasteiger charge is 2.28. The molecule has 148 valence electrons. The number of hydrogen-bond donors (Lipinski definition) is 2. The Kier molecular flexibility index (Phi) is 7.06. The van der Waals surface area contributed by atoms with E-state index in [0.29, 0.717) is 19.0 Å². The van der Waals surface area contributed by atoms with Crippen LogP contribution in [-0.4, -0.2) is 37.3 Å². The molecule has 0 radical (unpaired) electrons. The molecule has 0 aliphatic rings. The third-order valence-electron chi connectivity index (χ3n) is 3.75. The number of hydrogen-bond acceptors (Lipinski definition) is 4. The standard InChI is InChI=1S/C18H23F3N4OS/c1-17(2,14-5-4-8-27-14)11-25-16(22-3)24-10-13-6-7-23-15(9-13)26-12-18(19,20)21/h4-9H,10-12H2,1-3H3,(H2,22,24,25). The van der Waals surface area contributed by atoms with Crippen molar-refractivity contribution in [3.63, 3.8) is 0 Å². The summed E-state index contributed by atoms with van der Waals surface area (Å²) in [5.74, 6) is 0.544. The second kappa shape index (κ2) is 9.07. The SMILES string of the molecule is CN=C(NCc1ccnc(OCC(F)(F)F)c1)NCC(C)(C)c1cccs1. The number of pyridine rings is 1. The van der Waals surface area contributed by atoms with Gasteiger partial charge in [0.25, 0.3) is 0 Å². The lowest BCUT2D eigenvalue weighted by molar-refractivity contribution is -0.154. The number of guanidine groups is 1. The predicted molar refractivity (Wildman–Crippen MR) is 101 cm³/mol. The number of ether oxygens (including phenoxy) is 1. The summed E-state index contributed by atoms with van der Waals surface area (Å²) >= 11 is 1.71. The van der Waals surface area contributed by atoms with E-state index in [-0.39, 0.29) is 11.3 Å². The molecule has 2 rings (SSSR count). The van der Waals surface area contributed by atoms with Crippen LogP contribution in [-0.2, 0) is 12.0 Å². The van der Waals surface area contributed by atoms with Gasteiger partial charge >= 0.3 is 6.18 Å². The molecule has 0 unspecified atom stereocenters.